The molecule has 1 heterocycles. The van der Waals surface area contributed by atoms with Gasteiger partial charge in [0.05, 0.1) is 35.4 Å². The molecule has 0 aromatic heterocycles. The van der Waals surface area contributed by atoms with Gasteiger partial charge in [-0.15, -0.1) is 4.41 Å². The van der Waals surface area contributed by atoms with Gasteiger partial charge in [-0.2, -0.15) is 0 Å². The number of nitrogens with zero attached hydrogens (tertiary/aromatic N) is 1. The highest BCUT2D eigenvalue weighted by Crippen LogP contribution is 2.37. The van der Waals surface area contributed by atoms with E-state index >= 15 is 0 Å². The maximum atomic E-state index is 13.8. The van der Waals surface area contributed by atoms with E-state index in [-0.39, 0.29) is 18.6 Å². The van der Waals surface area contributed by atoms with E-state index in [2.05, 4.69) is 10.7 Å². The molecule has 236 valence electrons. The van der Waals surface area contributed by atoms with E-state index in [1.165, 1.54) is 0 Å². The highest BCUT2D eigenvalue weighted by molar-refractivity contribution is 7.89. The van der Waals surface area contributed by atoms with Crippen molar-refractivity contribution < 1.29 is 41.7 Å². The Morgan fingerprint density at radius 2 is 1.88 bits per heavy atom. The summed E-state index contributed by atoms with van der Waals surface area (Å²) in [6.07, 6.45) is -1.45. The average Bonchev–Trinajstić information content (AvgIpc) is 3.51. The number of carbonyl (C=O) groups excluding carboxylic acids is 2. The molecule has 2 fully saturated rings. The Morgan fingerprint density at radius 3 is 2.53 bits per heavy atom. The molecular formula is C29H39FN4O8S. The zero-order valence-electron chi connectivity index (χ0n) is 24.4. The van der Waals surface area contributed by atoms with Crippen LogP contribution in [0.1, 0.15) is 45.6 Å². The normalized spacial score (nSPS) is 21.6. The number of rotatable bonds is 10. The van der Waals surface area contributed by atoms with Crippen molar-refractivity contribution in [1.82, 2.24) is 15.2 Å². The topological polar surface area (TPSA) is 170 Å². The third kappa shape index (κ3) is 8.78. The molecule has 4 rings (SSSR count). The van der Waals surface area contributed by atoms with Gasteiger partial charge in [-0.1, -0.05) is 30.3 Å². The van der Waals surface area contributed by atoms with E-state index in [1.54, 1.807) is 45.0 Å². The minimum absolute atomic E-state index is 0.0571. The Balaban J connectivity index is 1.55. The van der Waals surface area contributed by atoms with Crippen molar-refractivity contribution in [3.63, 3.8) is 0 Å². The van der Waals surface area contributed by atoms with Gasteiger partial charge >= 0.3 is 12.2 Å². The first-order valence-corrected chi connectivity index (χ1v) is 15.5. The third-order valence-corrected chi connectivity index (χ3v) is 8.94. The predicted octanol–water partition coefficient (Wildman–Crippen LogP) is 3.10. The zero-order valence-corrected chi connectivity index (χ0v) is 25.2. The standard InChI is InChI=1S/C29H39FN4O8S/c1-29(2,3)42-28(37)33-34(43(38,39)21-9-10-22(30)23(31)16-21)17-25(35)24(13-18-7-5-4-6-8-18)32-27(36)41-20-14-19-11-12-40-26(19)15-20/h4-10,16,19-20,24-26,35H,11-15,17,31H2,1-3H3,(H,32,36)(H,33,37)/t19?,20-,24+,25-,26-/m1/s1. The Morgan fingerprint density at radius 1 is 1.16 bits per heavy atom. The fourth-order valence-electron chi connectivity index (χ4n) is 5.21. The van der Waals surface area contributed by atoms with Crippen LogP contribution in [-0.4, -0.2) is 73.2 Å². The molecule has 1 aliphatic carbocycles. The molecular weight excluding hydrogens is 583 g/mol. The fourth-order valence-corrected chi connectivity index (χ4v) is 6.53. The molecule has 0 radical (unpaired) electrons. The summed E-state index contributed by atoms with van der Waals surface area (Å²) in [5, 5.41) is 14.0. The first-order valence-electron chi connectivity index (χ1n) is 14.1. The van der Waals surface area contributed by atoms with Crippen LogP contribution >= 0.6 is 0 Å². The van der Waals surface area contributed by atoms with Crippen LogP contribution in [-0.2, 0) is 30.7 Å². The summed E-state index contributed by atoms with van der Waals surface area (Å²) in [7, 11) is -4.59. The molecule has 43 heavy (non-hydrogen) atoms. The van der Waals surface area contributed by atoms with E-state index < -0.39 is 62.9 Å². The van der Waals surface area contributed by atoms with Crippen LogP contribution in [0.2, 0.25) is 0 Å². The first kappa shape index (κ1) is 32.5. The van der Waals surface area contributed by atoms with Gasteiger partial charge in [0, 0.05) is 13.0 Å². The van der Waals surface area contributed by atoms with E-state index in [9.17, 15) is 27.5 Å². The number of hydrogen-bond donors (Lipinski definition) is 4. The summed E-state index contributed by atoms with van der Waals surface area (Å²) in [6, 6.07) is 10.7. The van der Waals surface area contributed by atoms with E-state index in [0.29, 0.717) is 29.8 Å². The highest BCUT2D eigenvalue weighted by Gasteiger charge is 2.41. The lowest BCUT2D eigenvalue weighted by atomic mass is 10.0. The van der Waals surface area contributed by atoms with Gasteiger partial charge < -0.3 is 30.4 Å². The average molecular weight is 623 g/mol. The molecule has 2 amide bonds. The fraction of sp³-hybridized carbons (Fsp3) is 0.517. The second-order valence-electron chi connectivity index (χ2n) is 11.8. The molecule has 1 aliphatic heterocycles. The number of aliphatic hydroxyl groups is 1. The third-order valence-electron chi connectivity index (χ3n) is 7.27. The molecule has 0 spiro atoms. The van der Waals surface area contributed by atoms with E-state index in [1.807, 2.05) is 6.07 Å². The molecule has 0 bridgehead atoms. The number of fused-ring (bicyclic) bond motifs is 1. The van der Waals surface area contributed by atoms with Crippen molar-refractivity contribution in [3.8, 4) is 0 Å². The Hall–Kier alpha value is -3.46. The van der Waals surface area contributed by atoms with Crippen molar-refractivity contribution in [2.24, 2.45) is 5.92 Å². The SMILES string of the molecule is CC(C)(C)OC(=O)NN(C[C@@H](O)[C@H](Cc1ccccc1)NC(=O)O[C@@H]1CC2CCO[C@@H]2C1)S(=O)(=O)c1ccc(F)c(N)c1. The monoisotopic (exact) mass is 622 g/mol. The number of nitrogen functional groups attached to an aromatic ring is 1. The maximum Gasteiger partial charge on any atom is 0.423 e. The second-order valence-corrected chi connectivity index (χ2v) is 13.7. The summed E-state index contributed by atoms with van der Waals surface area (Å²) >= 11 is 0. The summed E-state index contributed by atoms with van der Waals surface area (Å²) in [4.78, 5) is 25.2. The molecule has 1 unspecified atom stereocenters. The minimum atomic E-state index is -4.59. The smallest absolute Gasteiger partial charge is 0.423 e. The predicted molar refractivity (Wildman–Crippen MR) is 155 cm³/mol. The number of nitrogens with one attached hydrogen (secondary N) is 2. The molecule has 2 aromatic carbocycles. The number of alkyl carbamates (subject to hydrolysis) is 1. The second kappa shape index (κ2) is 13.5. The van der Waals surface area contributed by atoms with E-state index in [4.69, 9.17) is 19.9 Å². The van der Waals surface area contributed by atoms with Gasteiger partial charge in [-0.25, -0.2) is 27.8 Å². The van der Waals surface area contributed by atoms with Crippen molar-refractivity contribution in [3.05, 3.63) is 59.9 Å². The Labute approximate surface area is 250 Å². The summed E-state index contributed by atoms with van der Waals surface area (Å²) in [5.74, 6) is -0.490. The van der Waals surface area contributed by atoms with Crippen LogP contribution in [0.5, 0.6) is 0 Å². The maximum absolute atomic E-state index is 13.8. The van der Waals surface area contributed by atoms with Gasteiger partial charge in [-0.05, 0) is 69.7 Å². The van der Waals surface area contributed by atoms with Crippen LogP contribution < -0.4 is 16.5 Å². The first-order chi connectivity index (χ1) is 20.2. The quantitative estimate of drug-likeness (QED) is 0.230. The van der Waals surface area contributed by atoms with Crippen LogP contribution in [0.25, 0.3) is 0 Å². The van der Waals surface area contributed by atoms with E-state index in [0.717, 1.165) is 30.2 Å². The molecule has 2 aliphatic rings. The lowest BCUT2D eigenvalue weighted by Gasteiger charge is -2.30. The van der Waals surface area contributed by atoms with Gasteiger partial charge in [-0.3, -0.25) is 0 Å². The van der Waals surface area contributed by atoms with Gasteiger partial charge in [0.1, 0.15) is 17.5 Å². The number of aliphatic hydroxyl groups excluding tert-OH is 1. The number of anilines is 1. The summed E-state index contributed by atoms with van der Waals surface area (Å²) in [5.41, 5.74) is 7.12. The van der Waals surface area contributed by atoms with Crippen LogP contribution in [0.4, 0.5) is 19.7 Å². The van der Waals surface area contributed by atoms with Crippen molar-refractivity contribution >= 4 is 27.9 Å². The zero-order chi connectivity index (χ0) is 31.4. The number of halogens is 1. The molecule has 1 saturated carbocycles. The number of carbonyl (C=O) groups is 2. The van der Waals surface area contributed by atoms with Crippen LogP contribution in [0.15, 0.2) is 53.4 Å². The number of hydrazine groups is 1. The molecule has 14 heteroatoms. The van der Waals surface area contributed by atoms with Gasteiger partial charge in [0.25, 0.3) is 10.0 Å². The van der Waals surface area contributed by atoms with Crippen LogP contribution in [0, 0.1) is 11.7 Å². The van der Waals surface area contributed by atoms with Gasteiger partial charge in [0.2, 0.25) is 0 Å². The molecule has 5 atom stereocenters. The number of amides is 2. The van der Waals surface area contributed by atoms with Crippen molar-refractivity contribution in [1.29, 1.82) is 0 Å². The number of ether oxygens (including phenoxy) is 3. The van der Waals surface area contributed by atoms with Crippen LogP contribution in [0.3, 0.4) is 0 Å². The lowest BCUT2D eigenvalue weighted by Crippen LogP contribution is -2.55. The highest BCUT2D eigenvalue weighted by atomic mass is 32.2. The number of sulfonamides is 1. The van der Waals surface area contributed by atoms with Gasteiger partial charge in [0.15, 0.2) is 0 Å². The minimum Gasteiger partial charge on any atom is -0.446 e. The number of benzene rings is 2. The Kier molecular flexibility index (Phi) is 10.2. The molecule has 5 N–H and O–H groups in total. The summed E-state index contributed by atoms with van der Waals surface area (Å²) in [6.45, 7) is 4.76. The van der Waals surface area contributed by atoms with Crippen molar-refractivity contribution in [2.45, 2.75) is 81.3 Å². The number of nitrogens with two attached hydrogens (primary N) is 1. The number of hydrogen-bond acceptors (Lipinski definition) is 9. The van der Waals surface area contributed by atoms with Crippen molar-refractivity contribution in [2.75, 3.05) is 18.9 Å². The largest absolute Gasteiger partial charge is 0.446 e. The Bertz CT molecular complexity index is 1380. The lowest BCUT2D eigenvalue weighted by molar-refractivity contribution is 0.0331. The summed E-state index contributed by atoms with van der Waals surface area (Å²) < 4.78 is 58.1. The molecule has 12 nitrogen and oxygen atoms in total. The molecule has 1 saturated heterocycles. The molecule has 2 aromatic rings.